The van der Waals surface area contributed by atoms with E-state index in [0.717, 1.165) is 0 Å². The van der Waals surface area contributed by atoms with Gasteiger partial charge in [0.2, 0.25) is 0 Å². The number of nitriles is 1. The van der Waals surface area contributed by atoms with E-state index in [4.69, 9.17) is 5.26 Å². The van der Waals surface area contributed by atoms with Crippen LogP contribution in [0.4, 0.5) is 4.39 Å². The van der Waals surface area contributed by atoms with Gasteiger partial charge in [0, 0.05) is 22.1 Å². The van der Waals surface area contributed by atoms with Crippen LogP contribution in [-0.4, -0.2) is 9.96 Å². The van der Waals surface area contributed by atoms with Gasteiger partial charge in [0.1, 0.15) is 5.82 Å². The lowest BCUT2D eigenvalue weighted by atomic mass is 10.1. The van der Waals surface area contributed by atoms with Gasteiger partial charge in [0.05, 0.1) is 17.4 Å². The monoisotopic (exact) mass is 211 g/mol. The molecule has 1 atom stereocenters. The zero-order valence-corrected chi connectivity index (χ0v) is 8.60. The van der Waals surface area contributed by atoms with Crippen molar-refractivity contribution >= 4 is 10.8 Å². The molecule has 0 heterocycles. The molecule has 0 radical (unpaired) electrons. The summed E-state index contributed by atoms with van der Waals surface area (Å²) in [4.78, 5) is 0. The van der Waals surface area contributed by atoms with Crippen LogP contribution in [0.5, 0.6) is 0 Å². The van der Waals surface area contributed by atoms with Crippen LogP contribution in [0.2, 0.25) is 0 Å². The molecule has 0 aliphatic carbocycles. The van der Waals surface area contributed by atoms with Crippen LogP contribution in [-0.2, 0) is 16.6 Å². The summed E-state index contributed by atoms with van der Waals surface area (Å²) < 4.78 is 24.4. The van der Waals surface area contributed by atoms with Crippen molar-refractivity contribution in [3.05, 3.63) is 35.1 Å². The highest BCUT2D eigenvalue weighted by Crippen LogP contribution is 2.12. The van der Waals surface area contributed by atoms with Crippen molar-refractivity contribution in [3.63, 3.8) is 0 Å². The second-order valence-corrected chi connectivity index (χ2v) is 4.54. The Balaban J connectivity index is 2.90. The van der Waals surface area contributed by atoms with Gasteiger partial charge < -0.3 is 0 Å². The van der Waals surface area contributed by atoms with Crippen LogP contribution in [0, 0.1) is 17.1 Å². The van der Waals surface area contributed by atoms with E-state index in [-0.39, 0.29) is 11.3 Å². The van der Waals surface area contributed by atoms with Crippen molar-refractivity contribution in [2.75, 3.05) is 5.75 Å². The third-order valence-corrected chi connectivity index (χ3v) is 3.10. The van der Waals surface area contributed by atoms with Crippen molar-refractivity contribution in [2.45, 2.75) is 12.7 Å². The average molecular weight is 211 g/mol. The van der Waals surface area contributed by atoms with Crippen molar-refractivity contribution in [3.8, 4) is 6.07 Å². The number of rotatable bonds is 3. The molecule has 2 nitrogen and oxygen atoms in total. The summed E-state index contributed by atoms with van der Waals surface area (Å²) in [5.74, 6) is 0.277. The summed E-state index contributed by atoms with van der Waals surface area (Å²) in [7, 11) is -1.02. The highest BCUT2D eigenvalue weighted by Gasteiger charge is 2.06. The summed E-state index contributed by atoms with van der Waals surface area (Å²) >= 11 is 0. The maximum Gasteiger partial charge on any atom is 0.128 e. The Morgan fingerprint density at radius 1 is 1.57 bits per heavy atom. The van der Waals surface area contributed by atoms with Crippen molar-refractivity contribution in [1.29, 1.82) is 5.26 Å². The zero-order chi connectivity index (χ0) is 10.6. The van der Waals surface area contributed by atoms with Crippen molar-refractivity contribution in [1.82, 2.24) is 0 Å². The molecule has 0 aromatic heterocycles. The van der Waals surface area contributed by atoms with Crippen LogP contribution in [0.15, 0.2) is 18.2 Å². The molecule has 1 aromatic carbocycles. The Hall–Kier alpha value is -1.21. The third kappa shape index (κ3) is 2.64. The molecule has 0 fully saturated rings. The van der Waals surface area contributed by atoms with Gasteiger partial charge in [-0.15, -0.1) is 0 Å². The predicted octanol–water partition coefficient (Wildman–Crippen LogP) is 1.97. The highest BCUT2D eigenvalue weighted by atomic mass is 32.2. The molecular formula is C10H10FNOS. The maximum atomic E-state index is 13.2. The first-order valence-corrected chi connectivity index (χ1v) is 5.69. The second kappa shape index (κ2) is 4.87. The molecule has 14 heavy (non-hydrogen) atoms. The highest BCUT2D eigenvalue weighted by molar-refractivity contribution is 7.84. The third-order valence-electron chi connectivity index (χ3n) is 1.82. The van der Waals surface area contributed by atoms with Crippen LogP contribution in [0.25, 0.3) is 0 Å². The van der Waals surface area contributed by atoms with Gasteiger partial charge in [0.15, 0.2) is 0 Å². The molecule has 0 spiro atoms. The Labute approximate surface area is 84.8 Å². The van der Waals surface area contributed by atoms with Gasteiger partial charge >= 0.3 is 0 Å². The summed E-state index contributed by atoms with van der Waals surface area (Å²) in [6, 6.07) is 6.06. The van der Waals surface area contributed by atoms with E-state index in [2.05, 4.69) is 0 Å². The largest absolute Gasteiger partial charge is 0.259 e. The summed E-state index contributed by atoms with van der Waals surface area (Å²) in [5.41, 5.74) is 0.692. The molecule has 74 valence electrons. The molecular weight excluding hydrogens is 201 g/mol. The van der Waals surface area contributed by atoms with Gasteiger partial charge in [-0.25, -0.2) is 4.39 Å². The molecule has 1 rings (SSSR count). The van der Waals surface area contributed by atoms with Gasteiger partial charge in [-0.3, -0.25) is 4.21 Å². The number of halogens is 1. The maximum absolute atomic E-state index is 13.2. The summed E-state index contributed by atoms with van der Waals surface area (Å²) in [6.07, 6.45) is 0. The van der Waals surface area contributed by atoms with Gasteiger partial charge in [-0.2, -0.15) is 5.26 Å². The number of hydrogen-bond donors (Lipinski definition) is 0. The molecule has 0 aliphatic heterocycles. The standard InChI is InChI=1S/C10H10FNOS/c1-2-14(13)7-9-4-3-8(6-12)5-10(9)11/h3-5H,2,7H2,1H3. The normalized spacial score (nSPS) is 12.1. The molecule has 0 saturated heterocycles. The number of benzene rings is 1. The van der Waals surface area contributed by atoms with Crippen molar-refractivity contribution in [2.24, 2.45) is 0 Å². The SMILES string of the molecule is CCS(=O)Cc1ccc(C#N)cc1F. The van der Waals surface area contributed by atoms with E-state index in [0.29, 0.717) is 11.3 Å². The molecule has 0 amide bonds. The fourth-order valence-corrected chi connectivity index (χ4v) is 1.79. The van der Waals surface area contributed by atoms with Crippen LogP contribution in [0.3, 0.4) is 0 Å². The van der Waals surface area contributed by atoms with E-state index in [9.17, 15) is 8.60 Å². The lowest BCUT2D eigenvalue weighted by Gasteiger charge is -2.01. The van der Waals surface area contributed by atoms with Gasteiger partial charge in [-0.1, -0.05) is 13.0 Å². The smallest absolute Gasteiger partial charge is 0.128 e. The molecule has 0 bridgehead atoms. The zero-order valence-electron chi connectivity index (χ0n) is 7.79. The molecule has 0 saturated carbocycles. The minimum atomic E-state index is -1.02. The fourth-order valence-electron chi connectivity index (χ4n) is 1.01. The molecule has 0 N–H and O–H groups in total. The summed E-state index contributed by atoms with van der Waals surface area (Å²) in [6.45, 7) is 1.79. The predicted molar refractivity (Wildman–Crippen MR) is 53.5 cm³/mol. The summed E-state index contributed by atoms with van der Waals surface area (Å²) in [5, 5.41) is 8.50. The van der Waals surface area contributed by atoms with E-state index < -0.39 is 16.6 Å². The Bertz CT molecular complexity index is 398. The van der Waals surface area contributed by atoms with E-state index in [1.807, 2.05) is 6.07 Å². The second-order valence-electron chi connectivity index (χ2n) is 2.79. The minimum Gasteiger partial charge on any atom is -0.259 e. The van der Waals surface area contributed by atoms with Gasteiger partial charge in [-0.05, 0) is 12.1 Å². The first-order valence-electron chi connectivity index (χ1n) is 4.21. The Morgan fingerprint density at radius 3 is 2.79 bits per heavy atom. The first kappa shape index (κ1) is 10.9. The van der Waals surface area contributed by atoms with E-state index >= 15 is 0 Å². The molecule has 1 aromatic rings. The van der Waals surface area contributed by atoms with Crippen LogP contribution in [0.1, 0.15) is 18.1 Å². The lowest BCUT2D eigenvalue weighted by Crippen LogP contribution is -2.00. The number of nitrogens with zero attached hydrogens (tertiary/aromatic N) is 1. The lowest BCUT2D eigenvalue weighted by molar-refractivity contribution is 0.614. The van der Waals surface area contributed by atoms with E-state index in [1.54, 1.807) is 6.92 Å². The quantitative estimate of drug-likeness (QED) is 0.767. The van der Waals surface area contributed by atoms with Crippen LogP contribution < -0.4 is 0 Å². The Morgan fingerprint density at radius 2 is 2.29 bits per heavy atom. The molecule has 0 aliphatic rings. The van der Waals surface area contributed by atoms with Crippen LogP contribution >= 0.6 is 0 Å². The Kier molecular flexibility index (Phi) is 3.78. The topological polar surface area (TPSA) is 40.9 Å². The van der Waals surface area contributed by atoms with Crippen molar-refractivity contribution < 1.29 is 8.60 Å². The molecule has 1 unspecified atom stereocenters. The fraction of sp³-hybridized carbons (Fsp3) is 0.300. The minimum absolute atomic E-state index is 0.216. The number of hydrogen-bond acceptors (Lipinski definition) is 2. The average Bonchev–Trinajstić information content (AvgIpc) is 2.20. The van der Waals surface area contributed by atoms with Gasteiger partial charge in [0.25, 0.3) is 0 Å². The first-order chi connectivity index (χ1) is 6.67. The molecule has 4 heteroatoms. The van der Waals surface area contributed by atoms with E-state index in [1.165, 1.54) is 18.2 Å².